The molecular formula is C20H16F2N2O2. The van der Waals surface area contributed by atoms with Crippen LogP contribution in [0.2, 0.25) is 0 Å². The third-order valence-electron chi connectivity index (χ3n) is 4.50. The van der Waals surface area contributed by atoms with Gasteiger partial charge in [-0.2, -0.15) is 0 Å². The highest BCUT2D eigenvalue weighted by atomic mass is 19.1. The van der Waals surface area contributed by atoms with Crippen LogP contribution in [0.15, 0.2) is 54.7 Å². The number of para-hydroxylation sites is 1. The summed E-state index contributed by atoms with van der Waals surface area (Å²) in [4.78, 5) is 18.2. The Balaban J connectivity index is 1.51. The van der Waals surface area contributed by atoms with Gasteiger partial charge in [-0.1, -0.05) is 24.3 Å². The minimum Gasteiger partial charge on any atom is -0.486 e. The summed E-state index contributed by atoms with van der Waals surface area (Å²) in [7, 11) is 0. The van der Waals surface area contributed by atoms with Gasteiger partial charge in [-0.05, 0) is 24.3 Å². The number of rotatable bonds is 3. The Morgan fingerprint density at radius 2 is 1.81 bits per heavy atom. The lowest BCUT2D eigenvalue weighted by Crippen LogP contribution is -2.32. The molecule has 3 aromatic rings. The second-order valence-corrected chi connectivity index (χ2v) is 6.21. The molecule has 0 saturated carbocycles. The number of aromatic nitrogens is 1. The molecule has 26 heavy (non-hydrogen) atoms. The van der Waals surface area contributed by atoms with Crippen LogP contribution in [0, 0.1) is 11.6 Å². The zero-order chi connectivity index (χ0) is 18.1. The lowest BCUT2D eigenvalue weighted by Gasteiger charge is -2.18. The van der Waals surface area contributed by atoms with Crippen LogP contribution in [0.3, 0.4) is 0 Å². The van der Waals surface area contributed by atoms with Gasteiger partial charge in [-0.3, -0.25) is 9.78 Å². The van der Waals surface area contributed by atoms with Gasteiger partial charge >= 0.3 is 0 Å². The Morgan fingerprint density at radius 3 is 2.62 bits per heavy atom. The first-order valence-electron chi connectivity index (χ1n) is 8.37. The summed E-state index contributed by atoms with van der Waals surface area (Å²) in [6.45, 7) is 0.658. The number of benzene rings is 2. The first-order valence-corrected chi connectivity index (χ1v) is 8.37. The Morgan fingerprint density at radius 1 is 1.08 bits per heavy atom. The molecule has 2 heterocycles. The second kappa shape index (κ2) is 6.71. The molecule has 0 N–H and O–H groups in total. The summed E-state index contributed by atoms with van der Waals surface area (Å²) in [5.74, 6) is -1.71. The molecule has 1 saturated heterocycles. The van der Waals surface area contributed by atoms with Crippen LogP contribution in [-0.2, 0) is 0 Å². The van der Waals surface area contributed by atoms with Crippen LogP contribution in [0.1, 0.15) is 16.8 Å². The van der Waals surface area contributed by atoms with Crippen molar-refractivity contribution in [3.8, 4) is 5.75 Å². The normalized spacial score (nSPS) is 16.8. The van der Waals surface area contributed by atoms with E-state index in [4.69, 9.17) is 4.74 Å². The fourth-order valence-corrected chi connectivity index (χ4v) is 3.22. The van der Waals surface area contributed by atoms with Crippen molar-refractivity contribution in [1.29, 1.82) is 0 Å². The predicted molar refractivity (Wildman–Crippen MR) is 93.0 cm³/mol. The van der Waals surface area contributed by atoms with Gasteiger partial charge in [-0.25, -0.2) is 8.78 Å². The smallest absolute Gasteiger partial charge is 0.259 e. The molecule has 0 radical (unpaired) electrons. The first-order chi connectivity index (χ1) is 12.6. The fraction of sp³-hybridized carbons (Fsp3) is 0.200. The quantitative estimate of drug-likeness (QED) is 0.718. The number of nitrogens with zero attached hydrogens (tertiary/aromatic N) is 2. The van der Waals surface area contributed by atoms with Crippen molar-refractivity contribution in [2.24, 2.45) is 0 Å². The summed E-state index contributed by atoms with van der Waals surface area (Å²) < 4.78 is 33.7. The van der Waals surface area contributed by atoms with E-state index in [0.717, 1.165) is 23.0 Å². The number of ether oxygens (including phenoxy) is 1. The van der Waals surface area contributed by atoms with Gasteiger partial charge in [0.05, 0.1) is 6.54 Å². The van der Waals surface area contributed by atoms with E-state index in [-0.39, 0.29) is 12.6 Å². The SMILES string of the molecule is O=C(c1c(F)cccc1F)N1CCC(Oc2cccc3cccnc23)C1. The van der Waals surface area contributed by atoms with Crippen LogP contribution in [-0.4, -0.2) is 35.0 Å². The van der Waals surface area contributed by atoms with Crippen LogP contribution in [0.4, 0.5) is 8.78 Å². The molecule has 0 bridgehead atoms. The van der Waals surface area contributed by atoms with E-state index in [9.17, 15) is 13.6 Å². The first kappa shape index (κ1) is 16.4. The number of fused-ring (bicyclic) bond motifs is 1. The molecule has 1 aromatic heterocycles. The predicted octanol–water partition coefficient (Wildman–Crippen LogP) is 3.81. The van der Waals surface area contributed by atoms with Crippen molar-refractivity contribution in [3.63, 3.8) is 0 Å². The zero-order valence-corrected chi connectivity index (χ0v) is 13.9. The summed E-state index contributed by atoms with van der Waals surface area (Å²) >= 11 is 0. The van der Waals surface area contributed by atoms with E-state index < -0.39 is 23.1 Å². The number of amides is 1. The van der Waals surface area contributed by atoms with E-state index in [1.54, 1.807) is 6.20 Å². The maximum absolute atomic E-state index is 13.8. The van der Waals surface area contributed by atoms with Gasteiger partial charge in [0.2, 0.25) is 0 Å². The van der Waals surface area contributed by atoms with Crippen LogP contribution in [0.5, 0.6) is 5.75 Å². The average Bonchev–Trinajstić information content (AvgIpc) is 3.10. The fourth-order valence-electron chi connectivity index (χ4n) is 3.22. The lowest BCUT2D eigenvalue weighted by atomic mass is 10.1. The molecule has 132 valence electrons. The summed E-state index contributed by atoms with van der Waals surface area (Å²) in [6.07, 6.45) is 2.03. The summed E-state index contributed by atoms with van der Waals surface area (Å²) in [5.41, 5.74) is 0.236. The van der Waals surface area contributed by atoms with Crippen molar-refractivity contribution in [2.45, 2.75) is 12.5 Å². The number of hydrogen-bond donors (Lipinski definition) is 0. The highest BCUT2D eigenvalue weighted by molar-refractivity contribution is 5.95. The lowest BCUT2D eigenvalue weighted by molar-refractivity contribution is 0.0763. The molecule has 1 fully saturated rings. The summed E-state index contributed by atoms with van der Waals surface area (Å²) in [6, 6.07) is 12.9. The molecule has 2 aromatic carbocycles. The molecule has 0 spiro atoms. The third kappa shape index (κ3) is 2.98. The largest absolute Gasteiger partial charge is 0.486 e. The van der Waals surface area contributed by atoms with Crippen molar-refractivity contribution in [2.75, 3.05) is 13.1 Å². The number of carbonyl (C=O) groups is 1. The maximum atomic E-state index is 13.8. The van der Waals surface area contributed by atoms with E-state index in [1.807, 2.05) is 30.3 Å². The minimum absolute atomic E-state index is 0.249. The Kier molecular flexibility index (Phi) is 4.24. The molecule has 1 aliphatic rings. The van der Waals surface area contributed by atoms with Crippen molar-refractivity contribution in [1.82, 2.24) is 9.88 Å². The highest BCUT2D eigenvalue weighted by Gasteiger charge is 2.31. The van der Waals surface area contributed by atoms with Crippen LogP contribution >= 0.6 is 0 Å². The van der Waals surface area contributed by atoms with E-state index >= 15 is 0 Å². The molecule has 0 aliphatic carbocycles. The Bertz CT molecular complexity index is 951. The molecule has 6 heteroatoms. The van der Waals surface area contributed by atoms with Crippen molar-refractivity contribution < 1.29 is 18.3 Å². The van der Waals surface area contributed by atoms with Crippen LogP contribution in [0.25, 0.3) is 10.9 Å². The monoisotopic (exact) mass is 354 g/mol. The number of halogens is 2. The Hall–Kier alpha value is -3.02. The van der Waals surface area contributed by atoms with E-state index in [0.29, 0.717) is 18.7 Å². The molecule has 1 aliphatic heterocycles. The molecule has 4 rings (SSSR count). The molecule has 4 nitrogen and oxygen atoms in total. The number of pyridine rings is 1. The third-order valence-corrected chi connectivity index (χ3v) is 4.50. The second-order valence-electron chi connectivity index (χ2n) is 6.21. The maximum Gasteiger partial charge on any atom is 0.259 e. The molecule has 1 amide bonds. The zero-order valence-electron chi connectivity index (χ0n) is 13.9. The van der Waals surface area contributed by atoms with Crippen molar-refractivity contribution >= 4 is 16.8 Å². The number of likely N-dealkylation sites (tertiary alicyclic amines) is 1. The van der Waals surface area contributed by atoms with Gasteiger partial charge in [0.1, 0.15) is 34.6 Å². The molecule has 1 atom stereocenters. The van der Waals surface area contributed by atoms with E-state index in [1.165, 1.54) is 11.0 Å². The van der Waals surface area contributed by atoms with Gasteiger partial charge in [-0.15, -0.1) is 0 Å². The Labute approximate surface area is 149 Å². The number of hydrogen-bond acceptors (Lipinski definition) is 3. The van der Waals surface area contributed by atoms with Crippen molar-refractivity contribution in [3.05, 3.63) is 71.9 Å². The number of carbonyl (C=O) groups excluding carboxylic acids is 1. The summed E-state index contributed by atoms with van der Waals surface area (Å²) in [5, 5.41) is 0.962. The van der Waals surface area contributed by atoms with E-state index in [2.05, 4.69) is 4.98 Å². The van der Waals surface area contributed by atoms with Gasteiger partial charge in [0.25, 0.3) is 5.91 Å². The molecular weight excluding hydrogens is 338 g/mol. The van der Waals surface area contributed by atoms with Gasteiger partial charge < -0.3 is 9.64 Å². The van der Waals surface area contributed by atoms with Gasteiger partial charge in [0, 0.05) is 24.5 Å². The standard InChI is InChI=1S/C20H16F2N2O2/c21-15-6-2-7-16(22)18(15)20(25)24-11-9-14(12-24)26-17-8-1-4-13-5-3-10-23-19(13)17/h1-8,10,14H,9,11-12H2. The topological polar surface area (TPSA) is 42.4 Å². The van der Waals surface area contributed by atoms with Gasteiger partial charge in [0.15, 0.2) is 0 Å². The minimum atomic E-state index is -0.849. The molecule has 1 unspecified atom stereocenters. The van der Waals surface area contributed by atoms with Crippen LogP contribution < -0.4 is 4.74 Å². The highest BCUT2D eigenvalue weighted by Crippen LogP contribution is 2.27. The average molecular weight is 354 g/mol.